The Kier molecular flexibility index (Phi) is 6.91. The van der Waals surface area contributed by atoms with Crippen molar-refractivity contribution in [1.82, 2.24) is 10.6 Å². The molecule has 0 saturated heterocycles. The predicted octanol–water partition coefficient (Wildman–Crippen LogP) is 1.57. The van der Waals surface area contributed by atoms with Gasteiger partial charge in [-0.25, -0.2) is 4.79 Å². The highest BCUT2D eigenvalue weighted by atomic mass is 16.6. The quantitative estimate of drug-likeness (QED) is 0.792. The third-order valence-electron chi connectivity index (χ3n) is 2.48. The number of alkyl carbamates (subject to hydrolysis) is 1. The molecule has 0 saturated carbocycles. The van der Waals surface area contributed by atoms with E-state index in [0.717, 1.165) is 0 Å². The second-order valence-electron chi connectivity index (χ2n) is 5.28. The molecule has 0 fully saturated rings. The van der Waals surface area contributed by atoms with E-state index in [-0.39, 0.29) is 18.2 Å². The lowest BCUT2D eigenvalue weighted by molar-refractivity contribution is -0.124. The monoisotopic (exact) mass is 269 g/mol. The van der Waals surface area contributed by atoms with Gasteiger partial charge in [-0.3, -0.25) is 4.79 Å². The molecule has 0 aromatic rings. The first-order valence-corrected chi connectivity index (χ1v) is 6.34. The Balaban J connectivity index is 4.48. The highest BCUT2D eigenvalue weighted by Crippen LogP contribution is 2.12. The molecule has 0 aliphatic heterocycles. The second kappa shape index (κ2) is 7.62. The van der Waals surface area contributed by atoms with Gasteiger partial charge < -0.3 is 15.4 Å². The number of carbonyl (C=O) groups excluding carboxylic acids is 2. The molecule has 19 heavy (non-hydrogen) atoms. The number of rotatable bonds is 5. The Labute approximate surface area is 114 Å². The number of hydrogen-bond donors (Lipinski definition) is 2. The number of carbonyl (C=O) groups is 2. The maximum Gasteiger partial charge on any atom is 0.408 e. The van der Waals surface area contributed by atoms with Crippen LogP contribution in [-0.2, 0) is 9.53 Å². The van der Waals surface area contributed by atoms with E-state index in [2.05, 4.69) is 10.6 Å². The number of ether oxygens (including phenoxy) is 1. The van der Waals surface area contributed by atoms with Crippen molar-refractivity contribution in [3.8, 4) is 6.07 Å². The fraction of sp³-hybridized carbons (Fsp3) is 0.769. The Hall–Kier alpha value is -1.77. The first kappa shape index (κ1) is 17.2. The zero-order chi connectivity index (χ0) is 15.1. The van der Waals surface area contributed by atoms with Crippen molar-refractivity contribution in [3.05, 3.63) is 0 Å². The third kappa shape index (κ3) is 7.29. The van der Waals surface area contributed by atoms with Gasteiger partial charge >= 0.3 is 6.09 Å². The Morgan fingerprint density at radius 3 is 2.32 bits per heavy atom. The molecule has 0 aliphatic carbocycles. The van der Waals surface area contributed by atoms with E-state index in [1.807, 2.05) is 13.0 Å². The highest BCUT2D eigenvalue weighted by Gasteiger charge is 2.24. The fourth-order valence-corrected chi connectivity index (χ4v) is 1.54. The van der Waals surface area contributed by atoms with E-state index >= 15 is 0 Å². The molecule has 0 rings (SSSR count). The molecular formula is C13H23N3O3. The lowest BCUT2D eigenvalue weighted by Crippen LogP contribution is -2.41. The van der Waals surface area contributed by atoms with Crippen LogP contribution in [0, 0.1) is 17.2 Å². The SMILES string of the molecule is CCC(CC(C#N)NC(=O)OC(C)(C)C)C(=O)NC. The van der Waals surface area contributed by atoms with Crippen molar-refractivity contribution < 1.29 is 14.3 Å². The van der Waals surface area contributed by atoms with Crippen LogP contribution >= 0.6 is 0 Å². The minimum Gasteiger partial charge on any atom is -0.444 e. The summed E-state index contributed by atoms with van der Waals surface area (Å²) >= 11 is 0. The molecule has 108 valence electrons. The van der Waals surface area contributed by atoms with Crippen molar-refractivity contribution in [2.45, 2.75) is 52.2 Å². The molecule has 0 aromatic carbocycles. The summed E-state index contributed by atoms with van der Waals surface area (Å²) in [6, 6.07) is 1.23. The predicted molar refractivity (Wildman–Crippen MR) is 71.2 cm³/mol. The average molecular weight is 269 g/mol. The summed E-state index contributed by atoms with van der Waals surface area (Å²) < 4.78 is 5.07. The molecule has 0 aromatic heterocycles. The average Bonchev–Trinajstić information content (AvgIpc) is 2.31. The van der Waals surface area contributed by atoms with E-state index in [4.69, 9.17) is 10.00 Å². The van der Waals surface area contributed by atoms with Crippen LogP contribution in [0.15, 0.2) is 0 Å². The maximum atomic E-state index is 11.6. The summed E-state index contributed by atoms with van der Waals surface area (Å²) in [6.45, 7) is 7.09. The number of nitrogens with one attached hydrogen (secondary N) is 2. The molecule has 6 heteroatoms. The normalized spacial score (nSPS) is 13.9. The van der Waals surface area contributed by atoms with Crippen molar-refractivity contribution in [2.75, 3.05) is 7.05 Å². The lowest BCUT2D eigenvalue weighted by atomic mass is 9.97. The van der Waals surface area contributed by atoms with Crippen LogP contribution in [0.4, 0.5) is 4.79 Å². The first-order chi connectivity index (χ1) is 8.73. The molecule has 2 atom stereocenters. The fourth-order valence-electron chi connectivity index (χ4n) is 1.54. The van der Waals surface area contributed by atoms with Crippen molar-refractivity contribution in [1.29, 1.82) is 5.26 Å². The maximum absolute atomic E-state index is 11.6. The van der Waals surface area contributed by atoms with Gasteiger partial charge in [-0.1, -0.05) is 6.92 Å². The number of amides is 2. The van der Waals surface area contributed by atoms with Gasteiger partial charge in [-0.05, 0) is 33.6 Å². The van der Waals surface area contributed by atoms with Crippen LogP contribution in [0.25, 0.3) is 0 Å². The third-order valence-corrected chi connectivity index (χ3v) is 2.48. The molecule has 2 unspecified atom stereocenters. The van der Waals surface area contributed by atoms with Crippen LogP contribution in [-0.4, -0.2) is 30.7 Å². The van der Waals surface area contributed by atoms with Crippen molar-refractivity contribution in [3.63, 3.8) is 0 Å². The number of nitriles is 1. The summed E-state index contributed by atoms with van der Waals surface area (Å²) in [6.07, 6.45) is 0.227. The summed E-state index contributed by atoms with van der Waals surface area (Å²) in [5, 5.41) is 14.0. The standard InChI is InChI=1S/C13H23N3O3/c1-6-9(11(17)15-5)7-10(8-14)16-12(18)19-13(2,3)4/h9-10H,6-7H2,1-5H3,(H,15,17)(H,16,18). The summed E-state index contributed by atoms with van der Waals surface area (Å²) in [5.41, 5.74) is -0.616. The van der Waals surface area contributed by atoms with Gasteiger partial charge in [0.25, 0.3) is 0 Å². The van der Waals surface area contributed by atoms with Gasteiger partial charge in [0.2, 0.25) is 5.91 Å². The zero-order valence-electron chi connectivity index (χ0n) is 12.2. The molecule has 2 N–H and O–H groups in total. The summed E-state index contributed by atoms with van der Waals surface area (Å²) in [4.78, 5) is 23.1. The van der Waals surface area contributed by atoms with Crippen LogP contribution in [0.5, 0.6) is 0 Å². The van der Waals surface area contributed by atoms with Crippen molar-refractivity contribution >= 4 is 12.0 Å². The zero-order valence-corrected chi connectivity index (χ0v) is 12.2. The molecule has 6 nitrogen and oxygen atoms in total. The molecular weight excluding hydrogens is 246 g/mol. The molecule has 2 amide bonds. The summed E-state index contributed by atoms with van der Waals surface area (Å²) in [7, 11) is 1.55. The largest absolute Gasteiger partial charge is 0.444 e. The topological polar surface area (TPSA) is 91.2 Å². The minimum absolute atomic E-state index is 0.131. The second-order valence-corrected chi connectivity index (χ2v) is 5.28. The minimum atomic E-state index is -0.739. The number of nitrogens with zero attached hydrogens (tertiary/aromatic N) is 1. The van der Waals surface area contributed by atoms with E-state index in [1.54, 1.807) is 27.8 Å². The molecule has 0 spiro atoms. The highest BCUT2D eigenvalue weighted by molar-refractivity contribution is 5.78. The van der Waals surface area contributed by atoms with Crippen LogP contribution < -0.4 is 10.6 Å². The van der Waals surface area contributed by atoms with E-state index < -0.39 is 17.7 Å². The van der Waals surface area contributed by atoms with Crippen LogP contribution in [0.3, 0.4) is 0 Å². The van der Waals surface area contributed by atoms with E-state index in [1.165, 1.54) is 0 Å². The van der Waals surface area contributed by atoms with Gasteiger partial charge in [-0.2, -0.15) is 5.26 Å². The summed E-state index contributed by atoms with van der Waals surface area (Å²) in [5.74, 6) is -0.432. The Morgan fingerprint density at radius 2 is 1.95 bits per heavy atom. The molecule has 0 radical (unpaired) electrons. The number of hydrogen-bond acceptors (Lipinski definition) is 4. The van der Waals surface area contributed by atoms with Gasteiger partial charge in [0, 0.05) is 13.0 Å². The Bertz CT molecular complexity index is 355. The molecule has 0 bridgehead atoms. The van der Waals surface area contributed by atoms with Crippen molar-refractivity contribution in [2.24, 2.45) is 5.92 Å². The van der Waals surface area contributed by atoms with Gasteiger partial charge in [0.05, 0.1) is 6.07 Å². The smallest absolute Gasteiger partial charge is 0.408 e. The van der Waals surface area contributed by atoms with Gasteiger partial charge in [0.1, 0.15) is 11.6 Å². The lowest BCUT2D eigenvalue weighted by Gasteiger charge is -2.22. The van der Waals surface area contributed by atoms with E-state index in [9.17, 15) is 9.59 Å². The molecule has 0 heterocycles. The van der Waals surface area contributed by atoms with E-state index in [0.29, 0.717) is 6.42 Å². The first-order valence-electron chi connectivity index (χ1n) is 6.34. The Morgan fingerprint density at radius 1 is 1.37 bits per heavy atom. The van der Waals surface area contributed by atoms with Gasteiger partial charge in [-0.15, -0.1) is 0 Å². The van der Waals surface area contributed by atoms with Crippen LogP contribution in [0.2, 0.25) is 0 Å². The molecule has 0 aliphatic rings. The van der Waals surface area contributed by atoms with Gasteiger partial charge in [0.15, 0.2) is 0 Å². The van der Waals surface area contributed by atoms with Crippen LogP contribution in [0.1, 0.15) is 40.5 Å².